The van der Waals surface area contributed by atoms with Crippen LogP contribution < -0.4 is 0 Å². The zero-order chi connectivity index (χ0) is 24.2. The number of hydrogen-bond donors (Lipinski definition) is 1. The van der Waals surface area contributed by atoms with Gasteiger partial charge in [0.25, 0.3) is 11.7 Å². The minimum Gasteiger partial charge on any atom is -0.507 e. The number of rotatable bonds is 6. The molecule has 8 nitrogen and oxygen atoms in total. The van der Waals surface area contributed by atoms with Crippen molar-refractivity contribution in [2.75, 3.05) is 46.5 Å². The quantitative estimate of drug-likeness (QED) is 0.291. The van der Waals surface area contributed by atoms with Crippen molar-refractivity contribution in [3.63, 3.8) is 0 Å². The van der Waals surface area contributed by atoms with E-state index in [9.17, 15) is 19.5 Å². The third-order valence-electron chi connectivity index (χ3n) is 6.07. The van der Waals surface area contributed by atoms with Gasteiger partial charge in [0, 0.05) is 36.8 Å². The molecule has 2 saturated heterocycles. The maximum atomic E-state index is 13.1. The van der Waals surface area contributed by atoms with Crippen LogP contribution in [0.4, 0.5) is 0 Å². The SMILES string of the molecule is COC(=O)c1ccc([C@H]2C(=C(O)c3ccc(Cl)cc3)C(=O)C(=O)N2CCN2CCOCC2)cc1. The molecule has 2 aromatic rings. The molecule has 0 aliphatic carbocycles. The Morgan fingerprint density at radius 3 is 2.26 bits per heavy atom. The Balaban J connectivity index is 1.73. The number of esters is 1. The Hall–Kier alpha value is -3.20. The van der Waals surface area contributed by atoms with Crippen molar-refractivity contribution in [3.05, 3.63) is 75.8 Å². The van der Waals surface area contributed by atoms with Gasteiger partial charge in [0.2, 0.25) is 0 Å². The number of ether oxygens (including phenoxy) is 2. The third-order valence-corrected chi connectivity index (χ3v) is 6.32. The first-order chi connectivity index (χ1) is 16.4. The summed E-state index contributed by atoms with van der Waals surface area (Å²) in [6, 6.07) is 12.1. The molecule has 1 atom stereocenters. The standard InChI is InChI=1S/C25H25ClN2O6/c1-33-25(32)18-4-2-16(3-5-18)21-20(22(29)17-6-8-19(26)9-7-17)23(30)24(31)28(21)11-10-27-12-14-34-15-13-27/h2-9,21,29H,10-15H2,1H3/t21-/m0/s1. The lowest BCUT2D eigenvalue weighted by Gasteiger charge is -2.31. The summed E-state index contributed by atoms with van der Waals surface area (Å²) in [5.41, 5.74) is 1.32. The number of Topliss-reactive ketones (excluding diaryl/α,β-unsaturated/α-hetero) is 1. The second-order valence-corrected chi connectivity index (χ2v) is 8.50. The molecule has 1 N–H and O–H groups in total. The summed E-state index contributed by atoms with van der Waals surface area (Å²) in [7, 11) is 1.29. The average molecular weight is 485 g/mol. The summed E-state index contributed by atoms with van der Waals surface area (Å²) in [6.45, 7) is 3.58. The molecule has 2 aliphatic rings. The molecule has 34 heavy (non-hydrogen) atoms. The molecule has 178 valence electrons. The number of likely N-dealkylation sites (tertiary alicyclic amines) is 1. The van der Waals surface area contributed by atoms with Crippen LogP contribution >= 0.6 is 11.6 Å². The van der Waals surface area contributed by atoms with Crippen LogP contribution in [-0.4, -0.2) is 79.1 Å². The molecule has 4 rings (SSSR count). The fourth-order valence-electron chi connectivity index (χ4n) is 4.21. The van der Waals surface area contributed by atoms with E-state index in [1.165, 1.54) is 12.0 Å². The van der Waals surface area contributed by atoms with Crippen molar-refractivity contribution in [2.45, 2.75) is 6.04 Å². The van der Waals surface area contributed by atoms with Crippen molar-refractivity contribution < 1.29 is 29.0 Å². The van der Waals surface area contributed by atoms with Gasteiger partial charge in [0.15, 0.2) is 0 Å². The minimum atomic E-state index is -0.802. The fourth-order valence-corrected chi connectivity index (χ4v) is 4.34. The number of amides is 1. The van der Waals surface area contributed by atoms with E-state index in [0.717, 1.165) is 13.1 Å². The summed E-state index contributed by atoms with van der Waals surface area (Å²) in [5, 5.41) is 11.6. The normalized spacial score (nSPS) is 20.5. The van der Waals surface area contributed by atoms with E-state index in [1.807, 2.05) is 0 Å². The number of morpholine rings is 1. The maximum Gasteiger partial charge on any atom is 0.337 e. The molecular formula is C25H25ClN2O6. The lowest BCUT2D eigenvalue weighted by Crippen LogP contribution is -2.42. The summed E-state index contributed by atoms with van der Waals surface area (Å²) in [6.07, 6.45) is 0. The molecule has 1 amide bonds. The highest BCUT2D eigenvalue weighted by molar-refractivity contribution is 6.46. The lowest BCUT2D eigenvalue weighted by atomic mass is 9.94. The fraction of sp³-hybridized carbons (Fsp3) is 0.320. The maximum absolute atomic E-state index is 13.1. The van der Waals surface area contributed by atoms with E-state index in [2.05, 4.69) is 4.90 Å². The van der Waals surface area contributed by atoms with Crippen molar-refractivity contribution in [3.8, 4) is 0 Å². The summed E-state index contributed by atoms with van der Waals surface area (Å²) >= 11 is 5.96. The highest BCUT2D eigenvalue weighted by Gasteiger charge is 2.46. The van der Waals surface area contributed by atoms with Crippen LogP contribution in [0.25, 0.3) is 5.76 Å². The van der Waals surface area contributed by atoms with Crippen LogP contribution in [0, 0.1) is 0 Å². The number of aliphatic hydroxyl groups is 1. The van der Waals surface area contributed by atoms with Crippen molar-refractivity contribution >= 4 is 35.0 Å². The van der Waals surface area contributed by atoms with Crippen LogP contribution in [0.3, 0.4) is 0 Å². The second kappa shape index (κ2) is 10.4. The molecule has 0 spiro atoms. The second-order valence-electron chi connectivity index (χ2n) is 8.07. The smallest absolute Gasteiger partial charge is 0.337 e. The summed E-state index contributed by atoms with van der Waals surface area (Å²) in [4.78, 5) is 41.7. The molecule has 0 aromatic heterocycles. The van der Waals surface area contributed by atoms with Gasteiger partial charge >= 0.3 is 5.97 Å². The first kappa shape index (κ1) is 23.9. The molecule has 2 aliphatic heterocycles. The number of hydrogen-bond acceptors (Lipinski definition) is 7. The molecule has 2 heterocycles. The number of carbonyl (C=O) groups is 3. The molecule has 0 radical (unpaired) electrons. The minimum absolute atomic E-state index is 0.000109. The predicted molar refractivity (Wildman–Crippen MR) is 126 cm³/mol. The number of carbonyl (C=O) groups excluding carboxylic acids is 3. The van der Waals surface area contributed by atoms with Gasteiger partial charge in [-0.2, -0.15) is 0 Å². The highest BCUT2D eigenvalue weighted by atomic mass is 35.5. The van der Waals surface area contributed by atoms with E-state index < -0.39 is 23.7 Å². The van der Waals surface area contributed by atoms with Gasteiger partial charge in [0.05, 0.1) is 37.5 Å². The Morgan fingerprint density at radius 2 is 1.65 bits per heavy atom. The lowest BCUT2D eigenvalue weighted by molar-refractivity contribution is -0.140. The summed E-state index contributed by atoms with van der Waals surface area (Å²) < 4.78 is 10.1. The van der Waals surface area contributed by atoms with Gasteiger partial charge in [-0.05, 0) is 42.0 Å². The van der Waals surface area contributed by atoms with Crippen LogP contribution in [0.5, 0.6) is 0 Å². The number of benzene rings is 2. The molecule has 0 saturated carbocycles. The number of methoxy groups -OCH3 is 1. The van der Waals surface area contributed by atoms with Crippen LogP contribution in [0.1, 0.15) is 27.5 Å². The number of halogens is 1. The Morgan fingerprint density at radius 1 is 1.03 bits per heavy atom. The Labute approximate surface area is 202 Å². The molecular weight excluding hydrogens is 460 g/mol. The van der Waals surface area contributed by atoms with E-state index >= 15 is 0 Å². The topological polar surface area (TPSA) is 96.4 Å². The van der Waals surface area contributed by atoms with E-state index in [0.29, 0.717) is 48.0 Å². The monoisotopic (exact) mass is 484 g/mol. The summed E-state index contributed by atoms with van der Waals surface area (Å²) in [5.74, 6) is -2.19. The van der Waals surface area contributed by atoms with Crippen LogP contribution in [0.2, 0.25) is 5.02 Å². The zero-order valence-electron chi connectivity index (χ0n) is 18.7. The highest BCUT2D eigenvalue weighted by Crippen LogP contribution is 2.39. The van der Waals surface area contributed by atoms with Gasteiger partial charge in [-0.3, -0.25) is 14.5 Å². The Kier molecular flexibility index (Phi) is 7.31. The van der Waals surface area contributed by atoms with Crippen LogP contribution in [0.15, 0.2) is 54.1 Å². The zero-order valence-corrected chi connectivity index (χ0v) is 19.5. The van der Waals surface area contributed by atoms with Crippen molar-refractivity contribution in [1.29, 1.82) is 0 Å². The van der Waals surface area contributed by atoms with Gasteiger partial charge in [-0.1, -0.05) is 23.7 Å². The largest absolute Gasteiger partial charge is 0.507 e. The van der Waals surface area contributed by atoms with E-state index in [4.69, 9.17) is 21.1 Å². The molecule has 0 unspecified atom stereocenters. The van der Waals surface area contributed by atoms with E-state index in [-0.39, 0.29) is 11.3 Å². The number of nitrogens with zero attached hydrogens (tertiary/aromatic N) is 2. The molecule has 2 fully saturated rings. The van der Waals surface area contributed by atoms with Crippen molar-refractivity contribution in [1.82, 2.24) is 9.80 Å². The van der Waals surface area contributed by atoms with Crippen molar-refractivity contribution in [2.24, 2.45) is 0 Å². The average Bonchev–Trinajstić information content (AvgIpc) is 3.12. The van der Waals surface area contributed by atoms with Crippen LogP contribution in [-0.2, 0) is 19.1 Å². The predicted octanol–water partition coefficient (Wildman–Crippen LogP) is 2.88. The molecule has 0 bridgehead atoms. The van der Waals surface area contributed by atoms with Gasteiger partial charge in [-0.15, -0.1) is 0 Å². The molecule has 9 heteroatoms. The number of aliphatic hydroxyl groups excluding tert-OH is 1. The first-order valence-corrected chi connectivity index (χ1v) is 11.3. The molecule has 2 aromatic carbocycles. The first-order valence-electron chi connectivity index (χ1n) is 10.9. The van der Waals surface area contributed by atoms with Gasteiger partial charge in [0.1, 0.15) is 5.76 Å². The number of ketones is 1. The van der Waals surface area contributed by atoms with Gasteiger partial charge < -0.3 is 19.5 Å². The van der Waals surface area contributed by atoms with Gasteiger partial charge in [-0.25, -0.2) is 4.79 Å². The Bertz CT molecular complexity index is 1110. The third kappa shape index (κ3) is 4.84. The van der Waals surface area contributed by atoms with E-state index in [1.54, 1.807) is 48.5 Å².